The molecule has 156 valence electrons. The van der Waals surface area contributed by atoms with Crippen LogP contribution in [0.25, 0.3) is 0 Å². The van der Waals surface area contributed by atoms with Gasteiger partial charge in [-0.2, -0.15) is 0 Å². The lowest BCUT2D eigenvalue weighted by atomic mass is 9.93. The van der Waals surface area contributed by atoms with Crippen molar-refractivity contribution >= 4 is 18.0 Å². The first-order chi connectivity index (χ1) is 13.0. The molecular formula is C20H29NO7. The number of ether oxygens (including phenoxy) is 3. The number of benzene rings is 1. The van der Waals surface area contributed by atoms with Gasteiger partial charge in [0, 0.05) is 13.6 Å². The van der Waals surface area contributed by atoms with Crippen molar-refractivity contribution in [3.63, 3.8) is 0 Å². The molecule has 1 rings (SSSR count). The van der Waals surface area contributed by atoms with Gasteiger partial charge in [0.1, 0.15) is 11.4 Å². The summed E-state index contributed by atoms with van der Waals surface area (Å²) < 4.78 is 15.3. The minimum absolute atomic E-state index is 0.167. The zero-order valence-corrected chi connectivity index (χ0v) is 17.3. The first kappa shape index (κ1) is 23.3. The number of hydrogen-bond acceptors (Lipinski definition) is 6. The maximum atomic E-state index is 12.3. The highest BCUT2D eigenvalue weighted by atomic mass is 16.6. The Hall–Kier alpha value is -2.77. The number of aliphatic carboxylic acids is 1. The highest BCUT2D eigenvalue weighted by Crippen LogP contribution is 2.24. The largest absolute Gasteiger partial charge is 0.497 e. The maximum Gasteiger partial charge on any atom is 0.410 e. The summed E-state index contributed by atoms with van der Waals surface area (Å²) in [5, 5.41) is 9.09. The predicted molar refractivity (Wildman–Crippen MR) is 102 cm³/mol. The molecule has 1 atom stereocenters. The number of carbonyl (C=O) groups is 3. The van der Waals surface area contributed by atoms with Crippen molar-refractivity contribution in [2.24, 2.45) is 5.92 Å². The van der Waals surface area contributed by atoms with Crippen LogP contribution >= 0.6 is 0 Å². The summed E-state index contributed by atoms with van der Waals surface area (Å²) in [7, 11) is 4.35. The van der Waals surface area contributed by atoms with Gasteiger partial charge in [0.15, 0.2) is 0 Å². The Morgan fingerprint density at radius 3 is 2.29 bits per heavy atom. The molecule has 0 fully saturated rings. The Labute approximate surface area is 165 Å². The van der Waals surface area contributed by atoms with E-state index in [0.717, 1.165) is 11.1 Å². The lowest BCUT2D eigenvalue weighted by Crippen LogP contribution is -2.34. The van der Waals surface area contributed by atoms with Crippen molar-refractivity contribution in [3.8, 4) is 5.75 Å². The van der Waals surface area contributed by atoms with Crippen LogP contribution in [0.2, 0.25) is 0 Å². The fraction of sp³-hybridized carbons (Fsp3) is 0.550. The van der Waals surface area contributed by atoms with Gasteiger partial charge in [-0.15, -0.1) is 0 Å². The second-order valence-corrected chi connectivity index (χ2v) is 7.49. The summed E-state index contributed by atoms with van der Waals surface area (Å²) in [5.74, 6) is -1.92. The Morgan fingerprint density at radius 1 is 1.14 bits per heavy atom. The van der Waals surface area contributed by atoms with Crippen LogP contribution in [-0.4, -0.2) is 54.9 Å². The molecule has 1 N–H and O–H groups in total. The second-order valence-electron chi connectivity index (χ2n) is 7.49. The SMILES string of the molecule is COC(=O)C(CC(=O)O)Cc1ccc(OC)cc1CN(C)C(=O)OC(C)(C)C. The van der Waals surface area contributed by atoms with Gasteiger partial charge in [-0.25, -0.2) is 4.79 Å². The van der Waals surface area contributed by atoms with E-state index in [2.05, 4.69) is 0 Å². The number of esters is 1. The van der Waals surface area contributed by atoms with Crippen molar-refractivity contribution in [3.05, 3.63) is 29.3 Å². The topological polar surface area (TPSA) is 102 Å². The first-order valence-corrected chi connectivity index (χ1v) is 8.86. The summed E-state index contributed by atoms with van der Waals surface area (Å²) in [5.41, 5.74) is 0.833. The summed E-state index contributed by atoms with van der Waals surface area (Å²) in [4.78, 5) is 36.8. The molecule has 1 amide bonds. The fourth-order valence-corrected chi connectivity index (χ4v) is 2.62. The first-order valence-electron chi connectivity index (χ1n) is 8.86. The van der Waals surface area contributed by atoms with Crippen molar-refractivity contribution < 1.29 is 33.7 Å². The number of carboxylic acids is 1. The molecule has 0 aliphatic rings. The van der Waals surface area contributed by atoms with Crippen LogP contribution < -0.4 is 4.74 Å². The summed E-state index contributed by atoms with van der Waals surface area (Å²) in [6.07, 6.45) is -0.670. The highest BCUT2D eigenvalue weighted by molar-refractivity contribution is 5.79. The van der Waals surface area contributed by atoms with E-state index < -0.39 is 29.6 Å². The molecule has 0 aliphatic heterocycles. The van der Waals surface area contributed by atoms with E-state index in [9.17, 15) is 14.4 Å². The predicted octanol–water partition coefficient (Wildman–Crippen LogP) is 2.87. The number of amides is 1. The molecule has 0 aliphatic carbocycles. The third-order valence-corrected chi connectivity index (χ3v) is 3.95. The monoisotopic (exact) mass is 395 g/mol. The summed E-state index contributed by atoms with van der Waals surface area (Å²) in [6.45, 7) is 5.55. The summed E-state index contributed by atoms with van der Waals surface area (Å²) in [6, 6.07) is 5.24. The van der Waals surface area contributed by atoms with Crippen LogP contribution in [0, 0.1) is 5.92 Å². The van der Waals surface area contributed by atoms with E-state index in [1.54, 1.807) is 46.0 Å². The molecule has 0 saturated carbocycles. The zero-order valence-electron chi connectivity index (χ0n) is 17.3. The Balaban J connectivity index is 3.11. The van der Waals surface area contributed by atoms with Crippen LogP contribution in [0.5, 0.6) is 5.75 Å². The smallest absolute Gasteiger partial charge is 0.410 e. The molecule has 1 aromatic rings. The number of hydrogen-bond donors (Lipinski definition) is 1. The van der Waals surface area contributed by atoms with E-state index in [1.165, 1.54) is 19.1 Å². The van der Waals surface area contributed by atoms with E-state index in [-0.39, 0.29) is 19.4 Å². The van der Waals surface area contributed by atoms with E-state index in [4.69, 9.17) is 19.3 Å². The average Bonchev–Trinajstić information content (AvgIpc) is 2.59. The lowest BCUT2D eigenvalue weighted by molar-refractivity contribution is -0.150. The Morgan fingerprint density at radius 2 is 1.79 bits per heavy atom. The van der Waals surface area contributed by atoms with Crippen molar-refractivity contribution in [2.45, 2.75) is 45.8 Å². The van der Waals surface area contributed by atoms with Gasteiger partial charge >= 0.3 is 18.0 Å². The molecule has 1 unspecified atom stereocenters. The number of carboxylic acid groups (broad SMARTS) is 1. The van der Waals surface area contributed by atoms with Crippen molar-refractivity contribution in [1.29, 1.82) is 0 Å². The van der Waals surface area contributed by atoms with Gasteiger partial charge in [-0.05, 0) is 50.5 Å². The van der Waals surface area contributed by atoms with Gasteiger partial charge in [-0.1, -0.05) is 6.07 Å². The van der Waals surface area contributed by atoms with Crippen LogP contribution in [0.1, 0.15) is 38.3 Å². The molecule has 0 saturated heterocycles. The fourth-order valence-electron chi connectivity index (χ4n) is 2.62. The van der Waals surface area contributed by atoms with Crippen LogP contribution in [0.4, 0.5) is 4.79 Å². The zero-order chi connectivity index (χ0) is 21.5. The van der Waals surface area contributed by atoms with Gasteiger partial charge in [0.2, 0.25) is 0 Å². The molecule has 0 spiro atoms. The Kier molecular flexibility index (Phi) is 8.28. The molecule has 1 aromatic carbocycles. The standard InChI is InChI=1S/C20H29NO7/c1-20(2,3)28-19(25)21(4)12-15-10-16(26-5)8-7-13(15)9-14(11-17(22)23)18(24)27-6/h7-8,10,14H,9,11-12H2,1-6H3,(H,22,23). The van der Waals surface area contributed by atoms with Gasteiger partial charge in [0.05, 0.1) is 26.6 Å². The van der Waals surface area contributed by atoms with E-state index in [1.807, 2.05) is 0 Å². The number of nitrogens with zero attached hydrogens (tertiary/aromatic N) is 1. The molecule has 8 heteroatoms. The number of rotatable bonds is 8. The molecular weight excluding hydrogens is 366 g/mol. The molecule has 8 nitrogen and oxygen atoms in total. The minimum Gasteiger partial charge on any atom is -0.497 e. The van der Waals surface area contributed by atoms with Crippen LogP contribution in [0.3, 0.4) is 0 Å². The van der Waals surface area contributed by atoms with Crippen LogP contribution in [-0.2, 0) is 32.0 Å². The van der Waals surface area contributed by atoms with Crippen LogP contribution in [0.15, 0.2) is 18.2 Å². The maximum absolute atomic E-state index is 12.3. The molecule has 0 radical (unpaired) electrons. The summed E-state index contributed by atoms with van der Waals surface area (Å²) >= 11 is 0. The Bertz CT molecular complexity index is 709. The molecule has 0 bridgehead atoms. The van der Waals surface area contributed by atoms with E-state index >= 15 is 0 Å². The minimum atomic E-state index is -1.09. The average molecular weight is 395 g/mol. The van der Waals surface area contributed by atoms with Crippen molar-refractivity contribution in [2.75, 3.05) is 21.3 Å². The normalized spacial score (nSPS) is 12.1. The van der Waals surface area contributed by atoms with Gasteiger partial charge < -0.3 is 24.2 Å². The lowest BCUT2D eigenvalue weighted by Gasteiger charge is -2.25. The third-order valence-electron chi connectivity index (χ3n) is 3.95. The van der Waals surface area contributed by atoms with E-state index in [0.29, 0.717) is 5.75 Å². The second kappa shape index (κ2) is 9.96. The van der Waals surface area contributed by atoms with Gasteiger partial charge in [-0.3, -0.25) is 9.59 Å². The highest BCUT2D eigenvalue weighted by Gasteiger charge is 2.25. The quantitative estimate of drug-likeness (QED) is 0.675. The molecule has 0 heterocycles. The number of carbonyl (C=O) groups excluding carboxylic acids is 2. The number of methoxy groups -OCH3 is 2. The molecule has 28 heavy (non-hydrogen) atoms. The van der Waals surface area contributed by atoms with Crippen molar-refractivity contribution in [1.82, 2.24) is 4.90 Å². The third kappa shape index (κ3) is 7.46. The molecule has 0 aromatic heterocycles. The van der Waals surface area contributed by atoms with Gasteiger partial charge in [0.25, 0.3) is 0 Å².